The summed E-state index contributed by atoms with van der Waals surface area (Å²) in [5.74, 6) is 0.875. The minimum absolute atomic E-state index is 0.718. The van der Waals surface area contributed by atoms with Crippen molar-refractivity contribution >= 4 is 34.4 Å². The van der Waals surface area contributed by atoms with Gasteiger partial charge in [-0.3, -0.25) is 0 Å². The number of thioether (sulfide) groups is 1. The summed E-state index contributed by atoms with van der Waals surface area (Å²) in [4.78, 5) is 9.09. The highest BCUT2D eigenvalue weighted by atomic mass is 35.5. The van der Waals surface area contributed by atoms with Crippen LogP contribution in [-0.4, -0.2) is 16.2 Å². The number of halogens is 1. The van der Waals surface area contributed by atoms with Crippen LogP contribution in [0.2, 0.25) is 5.02 Å². The van der Waals surface area contributed by atoms with Gasteiger partial charge in [-0.05, 0) is 36.6 Å². The number of hydrogen-bond acceptors (Lipinski definition) is 2. The summed E-state index contributed by atoms with van der Waals surface area (Å²) >= 11 is 7.69. The Labute approximate surface area is 114 Å². The summed E-state index contributed by atoms with van der Waals surface area (Å²) in [5, 5.41) is 0.718. The van der Waals surface area contributed by atoms with Crippen molar-refractivity contribution in [3.8, 4) is 11.4 Å². The fraction of sp³-hybridized carbons (Fsp3) is 0.0714. The average Bonchev–Trinajstić information content (AvgIpc) is 2.81. The van der Waals surface area contributed by atoms with E-state index in [9.17, 15) is 0 Å². The Morgan fingerprint density at radius 1 is 1.11 bits per heavy atom. The van der Waals surface area contributed by atoms with Gasteiger partial charge in [-0.25, -0.2) is 4.98 Å². The van der Waals surface area contributed by atoms with Gasteiger partial charge in [-0.15, -0.1) is 11.8 Å². The first-order chi connectivity index (χ1) is 8.76. The SMILES string of the molecule is CSc1ccc(-c2nc3ccc(Cl)cc3[nH]2)cc1. The zero-order valence-corrected chi connectivity index (χ0v) is 11.3. The third kappa shape index (κ3) is 2.11. The quantitative estimate of drug-likeness (QED) is 0.692. The molecule has 0 amide bonds. The van der Waals surface area contributed by atoms with Gasteiger partial charge in [0.25, 0.3) is 0 Å². The van der Waals surface area contributed by atoms with E-state index in [-0.39, 0.29) is 0 Å². The zero-order valence-electron chi connectivity index (χ0n) is 9.77. The number of hydrogen-bond donors (Lipinski definition) is 1. The summed E-state index contributed by atoms with van der Waals surface area (Å²) in [7, 11) is 0. The van der Waals surface area contributed by atoms with Crippen molar-refractivity contribution in [1.29, 1.82) is 0 Å². The van der Waals surface area contributed by atoms with Crippen LogP contribution in [0.3, 0.4) is 0 Å². The van der Waals surface area contributed by atoms with E-state index in [0.29, 0.717) is 0 Å². The molecule has 0 bridgehead atoms. The third-order valence-corrected chi connectivity index (χ3v) is 3.79. The molecular weight excluding hydrogens is 264 g/mol. The van der Waals surface area contributed by atoms with Crippen LogP contribution in [-0.2, 0) is 0 Å². The van der Waals surface area contributed by atoms with Crippen molar-refractivity contribution in [2.75, 3.05) is 6.26 Å². The molecule has 1 N–H and O–H groups in total. The molecule has 0 spiro atoms. The van der Waals surface area contributed by atoms with Crippen LogP contribution in [0.4, 0.5) is 0 Å². The first-order valence-corrected chi connectivity index (χ1v) is 7.16. The second kappa shape index (κ2) is 4.67. The predicted octanol–water partition coefficient (Wildman–Crippen LogP) is 4.61. The van der Waals surface area contributed by atoms with Gasteiger partial charge in [0.2, 0.25) is 0 Å². The van der Waals surface area contributed by atoms with E-state index in [0.717, 1.165) is 27.4 Å². The Bertz CT molecular complexity index is 689. The van der Waals surface area contributed by atoms with Crippen molar-refractivity contribution in [3.63, 3.8) is 0 Å². The Balaban J connectivity index is 2.07. The number of fused-ring (bicyclic) bond motifs is 1. The van der Waals surface area contributed by atoms with Gasteiger partial charge in [-0.1, -0.05) is 23.7 Å². The number of aromatic nitrogens is 2. The van der Waals surface area contributed by atoms with Crippen LogP contribution in [0, 0.1) is 0 Å². The number of benzene rings is 2. The van der Waals surface area contributed by atoms with E-state index in [2.05, 4.69) is 40.5 Å². The molecule has 2 nitrogen and oxygen atoms in total. The van der Waals surface area contributed by atoms with Crippen LogP contribution in [0.15, 0.2) is 47.4 Å². The highest BCUT2D eigenvalue weighted by Crippen LogP contribution is 2.24. The molecule has 0 aliphatic heterocycles. The number of rotatable bonds is 2. The molecule has 0 saturated carbocycles. The third-order valence-electron chi connectivity index (χ3n) is 2.81. The lowest BCUT2D eigenvalue weighted by Crippen LogP contribution is -1.79. The van der Waals surface area contributed by atoms with Gasteiger partial charge in [0.15, 0.2) is 0 Å². The van der Waals surface area contributed by atoms with Crippen molar-refractivity contribution < 1.29 is 0 Å². The molecule has 2 aromatic carbocycles. The Hall–Kier alpha value is -1.45. The van der Waals surface area contributed by atoms with Gasteiger partial charge in [-0.2, -0.15) is 0 Å². The lowest BCUT2D eigenvalue weighted by molar-refractivity contribution is 1.32. The van der Waals surface area contributed by atoms with Crippen molar-refractivity contribution in [2.24, 2.45) is 0 Å². The molecule has 0 aliphatic rings. The average molecular weight is 275 g/mol. The number of H-pyrrole nitrogens is 1. The minimum atomic E-state index is 0.718. The van der Waals surface area contributed by atoms with Crippen molar-refractivity contribution in [2.45, 2.75) is 4.90 Å². The fourth-order valence-corrected chi connectivity index (χ4v) is 2.45. The molecule has 0 atom stereocenters. The van der Waals surface area contributed by atoms with Crippen LogP contribution in [0.5, 0.6) is 0 Å². The number of nitrogens with one attached hydrogen (secondary N) is 1. The molecule has 0 saturated heterocycles. The van der Waals surface area contributed by atoms with Crippen LogP contribution in [0.25, 0.3) is 22.4 Å². The van der Waals surface area contributed by atoms with E-state index < -0.39 is 0 Å². The molecular formula is C14H11ClN2S. The maximum absolute atomic E-state index is 5.96. The molecule has 1 heterocycles. The highest BCUT2D eigenvalue weighted by Gasteiger charge is 2.05. The van der Waals surface area contributed by atoms with Crippen molar-refractivity contribution in [1.82, 2.24) is 9.97 Å². The van der Waals surface area contributed by atoms with Crippen LogP contribution < -0.4 is 0 Å². The summed E-state index contributed by atoms with van der Waals surface area (Å²) in [6, 6.07) is 14.0. The number of imidazole rings is 1. The van der Waals surface area contributed by atoms with E-state index in [1.807, 2.05) is 18.2 Å². The molecule has 1 aromatic heterocycles. The monoisotopic (exact) mass is 274 g/mol. The predicted molar refractivity (Wildman–Crippen MR) is 78.3 cm³/mol. The standard InChI is InChI=1S/C14H11ClN2S/c1-18-11-5-2-9(3-6-11)14-16-12-7-4-10(15)8-13(12)17-14/h2-8H,1H3,(H,16,17). The lowest BCUT2D eigenvalue weighted by Gasteiger charge is -1.98. The smallest absolute Gasteiger partial charge is 0.138 e. The zero-order chi connectivity index (χ0) is 12.5. The van der Waals surface area contributed by atoms with Crippen LogP contribution in [0.1, 0.15) is 0 Å². The molecule has 0 aliphatic carbocycles. The molecule has 0 radical (unpaired) electrons. The van der Waals surface area contributed by atoms with Crippen molar-refractivity contribution in [3.05, 3.63) is 47.5 Å². The molecule has 3 rings (SSSR count). The van der Waals surface area contributed by atoms with E-state index in [1.54, 1.807) is 11.8 Å². The maximum atomic E-state index is 5.96. The summed E-state index contributed by atoms with van der Waals surface area (Å²) in [5.41, 5.74) is 2.98. The molecule has 4 heteroatoms. The highest BCUT2D eigenvalue weighted by molar-refractivity contribution is 7.98. The van der Waals surface area contributed by atoms with Gasteiger partial charge in [0.05, 0.1) is 11.0 Å². The fourth-order valence-electron chi connectivity index (χ4n) is 1.87. The summed E-state index contributed by atoms with van der Waals surface area (Å²) in [6.45, 7) is 0. The first kappa shape index (κ1) is 11.6. The lowest BCUT2D eigenvalue weighted by atomic mass is 10.2. The Morgan fingerprint density at radius 3 is 2.61 bits per heavy atom. The molecule has 18 heavy (non-hydrogen) atoms. The van der Waals surface area contributed by atoms with E-state index in [4.69, 9.17) is 11.6 Å². The van der Waals surface area contributed by atoms with Gasteiger partial charge >= 0.3 is 0 Å². The minimum Gasteiger partial charge on any atom is -0.338 e. The van der Waals surface area contributed by atoms with E-state index in [1.165, 1.54) is 4.90 Å². The molecule has 90 valence electrons. The largest absolute Gasteiger partial charge is 0.338 e. The number of nitrogens with zero attached hydrogens (tertiary/aromatic N) is 1. The second-order valence-electron chi connectivity index (χ2n) is 3.98. The normalized spacial score (nSPS) is 11.0. The molecule has 0 fully saturated rings. The summed E-state index contributed by atoms with van der Waals surface area (Å²) in [6.07, 6.45) is 2.07. The van der Waals surface area contributed by atoms with Crippen LogP contribution >= 0.6 is 23.4 Å². The van der Waals surface area contributed by atoms with E-state index >= 15 is 0 Å². The second-order valence-corrected chi connectivity index (χ2v) is 5.29. The topological polar surface area (TPSA) is 28.7 Å². The molecule has 0 unspecified atom stereocenters. The Morgan fingerprint density at radius 2 is 1.89 bits per heavy atom. The van der Waals surface area contributed by atoms with Gasteiger partial charge in [0, 0.05) is 15.5 Å². The summed E-state index contributed by atoms with van der Waals surface area (Å²) < 4.78 is 0. The van der Waals surface area contributed by atoms with Gasteiger partial charge in [0.1, 0.15) is 5.82 Å². The first-order valence-electron chi connectivity index (χ1n) is 5.56. The molecule has 3 aromatic rings. The Kier molecular flexibility index (Phi) is 3.02. The maximum Gasteiger partial charge on any atom is 0.138 e. The van der Waals surface area contributed by atoms with Gasteiger partial charge < -0.3 is 4.98 Å². The number of aromatic amines is 1.